The second-order valence-corrected chi connectivity index (χ2v) is 9.77. The Hall–Kier alpha value is -2.50. The van der Waals surface area contributed by atoms with Crippen molar-refractivity contribution in [3.8, 4) is 0 Å². The van der Waals surface area contributed by atoms with Gasteiger partial charge >= 0.3 is 0 Å². The van der Waals surface area contributed by atoms with Crippen LogP contribution in [0.4, 0.5) is 11.4 Å². The van der Waals surface area contributed by atoms with Crippen LogP contribution in [0.2, 0.25) is 4.34 Å². The number of benzene rings is 1. The van der Waals surface area contributed by atoms with E-state index in [1.165, 1.54) is 11.3 Å². The van der Waals surface area contributed by atoms with Crippen molar-refractivity contribution in [1.29, 1.82) is 0 Å². The molecule has 2 aliphatic rings. The Morgan fingerprint density at radius 3 is 2.53 bits per heavy atom. The molecule has 0 spiro atoms. The zero-order chi connectivity index (χ0) is 23.9. The molecule has 1 aromatic carbocycles. The fraction of sp³-hybridized carbons (Fsp3) is 0.435. The van der Waals surface area contributed by atoms with Crippen molar-refractivity contribution in [3.63, 3.8) is 0 Å². The van der Waals surface area contributed by atoms with Crippen molar-refractivity contribution in [2.75, 3.05) is 49.7 Å². The maximum absolute atomic E-state index is 13.1. The monoisotopic (exact) mass is 506 g/mol. The minimum Gasteiger partial charge on any atom is -0.381 e. The van der Waals surface area contributed by atoms with Crippen molar-refractivity contribution in [1.82, 2.24) is 10.6 Å². The zero-order valence-corrected chi connectivity index (χ0v) is 20.1. The van der Waals surface area contributed by atoms with Gasteiger partial charge in [0.15, 0.2) is 0 Å². The molecule has 0 radical (unpaired) electrons. The number of carbonyl (C=O) groups excluding carboxylic acids is 3. The summed E-state index contributed by atoms with van der Waals surface area (Å²) in [6.07, 6.45) is 1.58. The fourth-order valence-electron chi connectivity index (χ4n) is 3.84. The van der Waals surface area contributed by atoms with E-state index in [0.29, 0.717) is 41.3 Å². The third-order valence-electron chi connectivity index (χ3n) is 5.67. The first-order valence-electron chi connectivity index (χ1n) is 11.2. The van der Waals surface area contributed by atoms with Crippen molar-refractivity contribution in [2.45, 2.75) is 24.9 Å². The van der Waals surface area contributed by atoms with Crippen LogP contribution in [0.3, 0.4) is 0 Å². The second-order valence-electron chi connectivity index (χ2n) is 8.05. The molecule has 9 nitrogen and oxygen atoms in total. The van der Waals surface area contributed by atoms with E-state index in [-0.39, 0.29) is 36.9 Å². The molecule has 0 bridgehead atoms. The van der Waals surface area contributed by atoms with E-state index in [0.717, 1.165) is 18.5 Å². The quantitative estimate of drug-likeness (QED) is 0.507. The van der Waals surface area contributed by atoms with E-state index < -0.39 is 6.04 Å². The summed E-state index contributed by atoms with van der Waals surface area (Å²) in [5.41, 5.74) is 1.36. The van der Waals surface area contributed by atoms with Gasteiger partial charge in [0.25, 0.3) is 11.8 Å². The Morgan fingerprint density at radius 2 is 1.85 bits per heavy atom. The number of nitrogens with zero attached hydrogens (tertiary/aromatic N) is 1. The van der Waals surface area contributed by atoms with Gasteiger partial charge < -0.3 is 30.3 Å². The SMILES string of the molecule is O=C(NC[C@H](NC1CCOCC1)C(=O)Nc1ccc(N2CCOCC2=O)cc1)c1ccc(Cl)s1. The van der Waals surface area contributed by atoms with Crippen LogP contribution in [0.25, 0.3) is 0 Å². The number of hydrogen-bond acceptors (Lipinski definition) is 7. The average molecular weight is 507 g/mol. The van der Waals surface area contributed by atoms with Crippen molar-refractivity contribution >= 4 is 52.0 Å². The van der Waals surface area contributed by atoms with E-state index in [1.54, 1.807) is 41.3 Å². The molecule has 0 unspecified atom stereocenters. The normalized spacial score (nSPS) is 17.9. The summed E-state index contributed by atoms with van der Waals surface area (Å²) in [6.45, 7) is 2.45. The molecule has 4 rings (SSSR count). The molecular formula is C23H27ClN4O5S. The number of nitrogens with one attached hydrogen (secondary N) is 3. The highest BCUT2D eigenvalue weighted by atomic mass is 35.5. The third-order valence-corrected chi connectivity index (χ3v) is 6.90. The van der Waals surface area contributed by atoms with Crippen LogP contribution in [-0.2, 0) is 19.1 Å². The number of rotatable bonds is 8. The zero-order valence-electron chi connectivity index (χ0n) is 18.6. The van der Waals surface area contributed by atoms with Gasteiger partial charge in [-0.25, -0.2) is 0 Å². The topological polar surface area (TPSA) is 109 Å². The first kappa shape index (κ1) is 24.6. The molecule has 2 saturated heterocycles. The molecule has 11 heteroatoms. The number of hydrogen-bond donors (Lipinski definition) is 3. The third kappa shape index (κ3) is 6.55. The highest BCUT2D eigenvalue weighted by Gasteiger charge is 2.25. The second kappa shape index (κ2) is 11.8. The van der Waals surface area contributed by atoms with E-state index >= 15 is 0 Å². The van der Waals surface area contributed by atoms with E-state index in [2.05, 4.69) is 16.0 Å². The predicted octanol–water partition coefficient (Wildman–Crippen LogP) is 2.27. The summed E-state index contributed by atoms with van der Waals surface area (Å²) < 4.78 is 11.1. The number of amides is 3. The molecular weight excluding hydrogens is 480 g/mol. The Kier molecular flexibility index (Phi) is 8.52. The summed E-state index contributed by atoms with van der Waals surface area (Å²) in [5, 5.41) is 9.10. The Bertz CT molecular complexity index is 1010. The molecule has 0 saturated carbocycles. The lowest BCUT2D eigenvalue weighted by Crippen LogP contribution is -2.53. The largest absolute Gasteiger partial charge is 0.381 e. The summed E-state index contributed by atoms with van der Waals surface area (Å²) >= 11 is 7.12. The van der Waals surface area contributed by atoms with Gasteiger partial charge in [-0.2, -0.15) is 0 Å². The lowest BCUT2D eigenvalue weighted by Gasteiger charge is -2.28. The lowest BCUT2D eigenvalue weighted by atomic mass is 10.1. The van der Waals surface area contributed by atoms with Crippen molar-refractivity contribution in [3.05, 3.63) is 45.6 Å². The van der Waals surface area contributed by atoms with Crippen LogP contribution in [0.15, 0.2) is 36.4 Å². The van der Waals surface area contributed by atoms with Crippen LogP contribution >= 0.6 is 22.9 Å². The van der Waals surface area contributed by atoms with Gasteiger partial charge in [-0.05, 0) is 49.2 Å². The van der Waals surface area contributed by atoms with Gasteiger partial charge in [-0.1, -0.05) is 11.6 Å². The predicted molar refractivity (Wildman–Crippen MR) is 131 cm³/mol. The molecule has 3 amide bonds. The van der Waals surface area contributed by atoms with Crippen molar-refractivity contribution < 1.29 is 23.9 Å². The molecule has 2 fully saturated rings. The van der Waals surface area contributed by atoms with Gasteiger partial charge in [0.05, 0.1) is 15.8 Å². The van der Waals surface area contributed by atoms with Gasteiger partial charge in [-0.15, -0.1) is 11.3 Å². The van der Waals surface area contributed by atoms with Crippen LogP contribution in [0, 0.1) is 0 Å². The molecule has 2 aliphatic heterocycles. The molecule has 0 aliphatic carbocycles. The molecule has 182 valence electrons. The number of thiophene rings is 1. The number of ether oxygens (including phenoxy) is 2. The fourth-order valence-corrected chi connectivity index (χ4v) is 4.80. The molecule has 1 atom stereocenters. The van der Waals surface area contributed by atoms with E-state index in [1.807, 2.05) is 0 Å². The number of morpholine rings is 1. The van der Waals surface area contributed by atoms with Crippen LogP contribution in [-0.4, -0.2) is 69.3 Å². The standard InChI is InChI=1S/C23H27ClN4O5S/c24-20-6-5-19(34-20)23(31)25-13-18(26-16-7-10-32-11-8-16)22(30)27-15-1-3-17(4-2-15)28-9-12-33-14-21(28)29/h1-6,16,18,26H,7-14H2,(H,25,31)(H,27,30)/t18-/m0/s1. The van der Waals surface area contributed by atoms with Crippen molar-refractivity contribution in [2.24, 2.45) is 0 Å². The Morgan fingerprint density at radius 1 is 1.09 bits per heavy atom. The highest BCUT2D eigenvalue weighted by molar-refractivity contribution is 7.18. The summed E-state index contributed by atoms with van der Waals surface area (Å²) in [4.78, 5) is 39.8. The van der Waals surface area contributed by atoms with Crippen LogP contribution < -0.4 is 20.9 Å². The smallest absolute Gasteiger partial charge is 0.261 e. The maximum atomic E-state index is 13.1. The minimum absolute atomic E-state index is 0.0709. The van der Waals surface area contributed by atoms with E-state index in [4.69, 9.17) is 21.1 Å². The van der Waals surface area contributed by atoms with Gasteiger partial charge in [-0.3, -0.25) is 14.4 Å². The highest BCUT2D eigenvalue weighted by Crippen LogP contribution is 2.22. The van der Waals surface area contributed by atoms with Crippen LogP contribution in [0.5, 0.6) is 0 Å². The first-order valence-corrected chi connectivity index (χ1v) is 12.4. The summed E-state index contributed by atoms with van der Waals surface area (Å²) in [7, 11) is 0. The lowest BCUT2D eigenvalue weighted by molar-refractivity contribution is -0.125. The Labute approximate surface area is 206 Å². The number of anilines is 2. The summed E-state index contributed by atoms with van der Waals surface area (Å²) in [5.74, 6) is -0.624. The molecule has 3 N–H and O–H groups in total. The van der Waals surface area contributed by atoms with Crippen LogP contribution in [0.1, 0.15) is 22.5 Å². The van der Waals surface area contributed by atoms with E-state index in [9.17, 15) is 14.4 Å². The number of halogens is 1. The maximum Gasteiger partial charge on any atom is 0.261 e. The first-order chi connectivity index (χ1) is 16.5. The number of carbonyl (C=O) groups is 3. The van der Waals surface area contributed by atoms with Gasteiger partial charge in [0.1, 0.15) is 12.6 Å². The molecule has 1 aromatic heterocycles. The molecule has 3 heterocycles. The average Bonchev–Trinajstić information content (AvgIpc) is 3.29. The molecule has 34 heavy (non-hydrogen) atoms. The van der Waals surface area contributed by atoms with Gasteiger partial charge in [0.2, 0.25) is 5.91 Å². The van der Waals surface area contributed by atoms with Gasteiger partial charge in [0, 0.05) is 43.7 Å². The summed E-state index contributed by atoms with van der Waals surface area (Å²) in [6, 6.07) is 9.91. The Balaban J connectivity index is 1.39. The molecule has 2 aromatic rings. The minimum atomic E-state index is -0.636.